The van der Waals surface area contributed by atoms with E-state index in [1.165, 1.54) is 17.8 Å². The van der Waals surface area contributed by atoms with E-state index in [1.807, 2.05) is 18.5 Å². The third-order valence-corrected chi connectivity index (χ3v) is 6.23. The largest absolute Gasteiger partial charge is 0.490 e. The summed E-state index contributed by atoms with van der Waals surface area (Å²) in [7, 11) is 0. The van der Waals surface area contributed by atoms with Crippen LogP contribution in [0.3, 0.4) is 0 Å². The van der Waals surface area contributed by atoms with E-state index < -0.39 is 24.3 Å². The van der Waals surface area contributed by atoms with E-state index in [0.717, 1.165) is 31.9 Å². The van der Waals surface area contributed by atoms with Crippen molar-refractivity contribution in [3.63, 3.8) is 0 Å². The number of nitrogens with zero attached hydrogens (tertiary/aromatic N) is 3. The lowest BCUT2D eigenvalue weighted by Gasteiger charge is -2.38. The van der Waals surface area contributed by atoms with Crippen LogP contribution in [0.2, 0.25) is 0 Å². The van der Waals surface area contributed by atoms with Crippen molar-refractivity contribution in [1.82, 2.24) is 14.9 Å². The van der Waals surface area contributed by atoms with Crippen LogP contribution >= 0.6 is 11.3 Å². The minimum atomic E-state index is -5.08. The molecular weight excluding hydrogens is 548 g/mol. The van der Waals surface area contributed by atoms with Gasteiger partial charge >= 0.3 is 24.3 Å². The lowest BCUT2D eigenvalue weighted by molar-refractivity contribution is -0.193. The second-order valence-electron chi connectivity index (χ2n) is 8.12. The van der Waals surface area contributed by atoms with Gasteiger partial charge in [0, 0.05) is 42.5 Å². The molecule has 16 heteroatoms. The minimum Gasteiger partial charge on any atom is -0.475 e. The fourth-order valence-corrected chi connectivity index (χ4v) is 4.47. The maximum absolute atomic E-state index is 10.6. The fourth-order valence-electron chi connectivity index (χ4n) is 3.83. The first kappa shape index (κ1) is 31.4. The molecular formula is C22H25F6N3O6S. The number of morpholine rings is 1. The highest BCUT2D eigenvalue weighted by Gasteiger charge is 2.43. The van der Waals surface area contributed by atoms with Gasteiger partial charge in [0.1, 0.15) is 5.01 Å². The van der Waals surface area contributed by atoms with Gasteiger partial charge in [0.15, 0.2) is 0 Å². The third-order valence-electron chi connectivity index (χ3n) is 5.47. The summed E-state index contributed by atoms with van der Waals surface area (Å²) in [6.45, 7) is 4.16. The first-order valence-corrected chi connectivity index (χ1v) is 12.0. The second kappa shape index (κ2) is 14.4. The maximum Gasteiger partial charge on any atom is 0.490 e. The average molecular weight is 574 g/mol. The zero-order valence-corrected chi connectivity index (χ0v) is 20.5. The number of hydrogen-bond donors (Lipinski definition) is 2. The Labute approximate surface area is 217 Å². The molecule has 3 atom stereocenters. The number of hydrogen-bond acceptors (Lipinski definition) is 8. The van der Waals surface area contributed by atoms with Crippen molar-refractivity contribution in [2.24, 2.45) is 5.92 Å². The quantitative estimate of drug-likeness (QED) is 0.494. The molecule has 0 amide bonds. The number of carboxylic acids is 2. The molecule has 1 aliphatic heterocycles. The van der Waals surface area contributed by atoms with Gasteiger partial charge in [0.25, 0.3) is 0 Å². The van der Waals surface area contributed by atoms with Crippen LogP contribution in [-0.4, -0.2) is 81.3 Å². The van der Waals surface area contributed by atoms with E-state index in [4.69, 9.17) is 29.3 Å². The third kappa shape index (κ3) is 10.5. The van der Waals surface area contributed by atoms with Crippen LogP contribution in [-0.2, 0) is 32.2 Å². The van der Waals surface area contributed by atoms with Gasteiger partial charge in [-0.25, -0.2) is 14.6 Å². The first-order chi connectivity index (χ1) is 17.8. The highest BCUT2D eigenvalue weighted by molar-refractivity contribution is 7.09. The summed E-state index contributed by atoms with van der Waals surface area (Å²) in [6.07, 6.45) is -1.95. The Morgan fingerprint density at radius 1 is 1.11 bits per heavy atom. The number of fused-ring (bicyclic) bond motifs is 1. The topological polar surface area (TPSA) is 122 Å². The number of carboxylic acid groups (broad SMARTS) is 2. The normalized spacial score (nSPS) is 21.4. The van der Waals surface area contributed by atoms with E-state index in [9.17, 15) is 26.3 Å². The standard InChI is InChI=1S/C18H23N3O2S.2C2HF3O2/c1-2-14(10-19-5-1)12-22-13-15-3-4-16-18(15)23-8-7-21(16)11-17-20-6-9-24-17;2*3-2(4,5)1(6)7/h1-2,5-6,9-10,15-16,18H,3-4,7-8,11-13H2;2*(H,6,7). The van der Waals surface area contributed by atoms with E-state index >= 15 is 0 Å². The average Bonchev–Trinajstić information content (AvgIpc) is 3.50. The molecule has 0 spiro atoms. The summed E-state index contributed by atoms with van der Waals surface area (Å²) in [5, 5.41) is 17.5. The maximum atomic E-state index is 10.6. The van der Waals surface area contributed by atoms with Gasteiger partial charge in [-0.15, -0.1) is 11.3 Å². The highest BCUT2D eigenvalue weighted by Crippen LogP contribution is 2.35. The number of thiazole rings is 1. The Hall–Kier alpha value is -2.82. The number of carbonyl (C=O) groups is 2. The Bertz CT molecular complexity index is 970. The molecule has 2 aromatic rings. The zero-order chi connectivity index (χ0) is 28.3. The number of alkyl halides is 6. The van der Waals surface area contributed by atoms with Crippen LogP contribution in [0, 0.1) is 5.92 Å². The van der Waals surface area contributed by atoms with Gasteiger partial charge < -0.3 is 19.7 Å². The summed E-state index contributed by atoms with van der Waals surface area (Å²) in [4.78, 5) is 28.9. The second-order valence-corrected chi connectivity index (χ2v) is 9.10. The lowest BCUT2D eigenvalue weighted by atomic mass is 10.0. The fraction of sp³-hybridized carbons (Fsp3) is 0.545. The van der Waals surface area contributed by atoms with Crippen LogP contribution in [0.25, 0.3) is 0 Å². The first-order valence-electron chi connectivity index (χ1n) is 11.1. The summed E-state index contributed by atoms with van der Waals surface area (Å²) < 4.78 is 75.5. The van der Waals surface area contributed by atoms with Crippen LogP contribution < -0.4 is 0 Å². The van der Waals surface area contributed by atoms with Gasteiger partial charge in [0.05, 0.1) is 32.5 Å². The number of aromatic nitrogens is 2. The molecule has 1 aliphatic carbocycles. The molecule has 1 saturated heterocycles. The van der Waals surface area contributed by atoms with Crippen molar-refractivity contribution in [3.8, 4) is 0 Å². The molecule has 4 rings (SSSR count). The smallest absolute Gasteiger partial charge is 0.475 e. The Kier molecular flexibility index (Phi) is 11.9. The molecule has 212 valence electrons. The summed E-state index contributed by atoms with van der Waals surface area (Å²) >= 11 is 1.74. The molecule has 2 aliphatic rings. The summed E-state index contributed by atoms with van der Waals surface area (Å²) in [5.41, 5.74) is 1.13. The van der Waals surface area contributed by atoms with Crippen LogP contribution in [0.1, 0.15) is 23.4 Å². The number of aliphatic carboxylic acids is 2. The minimum absolute atomic E-state index is 0.299. The molecule has 3 unspecified atom stereocenters. The molecule has 2 aromatic heterocycles. The predicted molar refractivity (Wildman–Crippen MR) is 120 cm³/mol. The highest BCUT2D eigenvalue weighted by atomic mass is 32.1. The Morgan fingerprint density at radius 3 is 2.29 bits per heavy atom. The summed E-state index contributed by atoms with van der Waals surface area (Å²) in [5.74, 6) is -5.02. The molecule has 0 radical (unpaired) electrons. The van der Waals surface area contributed by atoms with Crippen molar-refractivity contribution < 1.29 is 55.6 Å². The molecule has 2 fully saturated rings. The summed E-state index contributed by atoms with van der Waals surface area (Å²) in [6, 6.07) is 4.51. The molecule has 3 heterocycles. The van der Waals surface area contributed by atoms with Crippen LogP contribution in [0.5, 0.6) is 0 Å². The van der Waals surface area contributed by atoms with Crippen molar-refractivity contribution >= 4 is 23.3 Å². The van der Waals surface area contributed by atoms with Crippen molar-refractivity contribution in [3.05, 3.63) is 46.7 Å². The Balaban J connectivity index is 0.000000301. The van der Waals surface area contributed by atoms with E-state index in [1.54, 1.807) is 17.5 Å². The molecule has 0 bridgehead atoms. The predicted octanol–water partition coefficient (Wildman–Crippen LogP) is 4.00. The van der Waals surface area contributed by atoms with Crippen LogP contribution in [0.15, 0.2) is 36.1 Å². The lowest BCUT2D eigenvalue weighted by Crippen LogP contribution is -2.50. The SMILES string of the molecule is O=C(O)C(F)(F)F.O=C(O)C(F)(F)F.c1cncc(COCC2CCC3C2OCCN3Cc2nccs2)c1. The number of ether oxygens (including phenoxy) is 2. The Morgan fingerprint density at radius 2 is 1.76 bits per heavy atom. The van der Waals surface area contributed by atoms with E-state index in [2.05, 4.69) is 26.3 Å². The van der Waals surface area contributed by atoms with Gasteiger partial charge in [0.2, 0.25) is 0 Å². The van der Waals surface area contributed by atoms with Gasteiger partial charge in [-0.2, -0.15) is 26.3 Å². The number of halogens is 6. The zero-order valence-electron chi connectivity index (χ0n) is 19.7. The van der Waals surface area contributed by atoms with Crippen molar-refractivity contribution in [2.45, 2.75) is 50.5 Å². The molecule has 0 aromatic carbocycles. The number of pyridine rings is 1. The van der Waals surface area contributed by atoms with E-state index in [0.29, 0.717) is 24.7 Å². The van der Waals surface area contributed by atoms with Crippen LogP contribution in [0.4, 0.5) is 26.3 Å². The van der Waals surface area contributed by atoms with Crippen molar-refractivity contribution in [1.29, 1.82) is 0 Å². The molecule has 1 saturated carbocycles. The van der Waals surface area contributed by atoms with E-state index in [-0.39, 0.29) is 0 Å². The van der Waals surface area contributed by atoms with Crippen molar-refractivity contribution in [2.75, 3.05) is 19.8 Å². The monoisotopic (exact) mass is 573 g/mol. The molecule has 9 nitrogen and oxygen atoms in total. The molecule has 2 N–H and O–H groups in total. The van der Waals surface area contributed by atoms with Gasteiger partial charge in [-0.1, -0.05) is 6.07 Å². The van der Waals surface area contributed by atoms with Gasteiger partial charge in [-0.3, -0.25) is 9.88 Å². The number of rotatable bonds is 6. The van der Waals surface area contributed by atoms with Gasteiger partial charge in [-0.05, 0) is 24.5 Å². The molecule has 38 heavy (non-hydrogen) atoms.